The molecule has 192 valence electrons. The first-order valence-electron chi connectivity index (χ1n) is 8.47. The van der Waals surface area contributed by atoms with Crippen LogP contribution in [0.5, 0.6) is 0 Å². The molecule has 21 heteroatoms. The molecule has 0 heterocycles. The topological polar surface area (TPSA) is 312 Å². The summed E-state index contributed by atoms with van der Waals surface area (Å²) in [7, 11) is -15.8. The normalized spacial score (nSPS) is 33.3. The predicted octanol–water partition coefficient (Wildman–Crippen LogP) is -2.95. The molecule has 0 radical (unpaired) electrons. The summed E-state index contributed by atoms with van der Waals surface area (Å²) in [5, 5.41) is 56.4. The maximum absolute atomic E-state index is 12.1. The van der Waals surface area contributed by atoms with Gasteiger partial charge in [0, 0.05) is 0 Å². The second-order valence-corrected chi connectivity index (χ2v) is 12.2. The van der Waals surface area contributed by atoms with Crippen LogP contribution < -0.4 is 0 Å². The highest BCUT2D eigenvalue weighted by Crippen LogP contribution is 2.53. The fraction of sp³-hybridized carbons (Fsp3) is 0.750. The molecule has 0 aromatic carbocycles. The summed E-state index contributed by atoms with van der Waals surface area (Å²) in [5.74, 6) is -5.70. The van der Waals surface area contributed by atoms with E-state index in [1.165, 1.54) is 0 Å². The van der Waals surface area contributed by atoms with E-state index in [1.54, 1.807) is 0 Å². The van der Waals surface area contributed by atoms with E-state index < -0.39 is 95.8 Å². The first-order chi connectivity index (χ1) is 14.8. The van der Waals surface area contributed by atoms with Crippen LogP contribution in [-0.2, 0) is 41.6 Å². The third-order valence-electron chi connectivity index (χ3n) is 3.89. The lowest BCUT2D eigenvalue weighted by atomic mass is 9.85. The number of aliphatic hydroxyl groups excluding tert-OH is 3. The van der Waals surface area contributed by atoms with Gasteiger partial charge in [-0.15, -0.1) is 0 Å². The van der Waals surface area contributed by atoms with Gasteiger partial charge < -0.3 is 45.3 Å². The molecule has 0 saturated heterocycles. The average molecular weight is 546 g/mol. The molecule has 1 aliphatic carbocycles. The fourth-order valence-corrected chi connectivity index (χ4v) is 5.85. The van der Waals surface area contributed by atoms with Gasteiger partial charge in [0.05, 0.1) is 0 Å². The van der Waals surface area contributed by atoms with Gasteiger partial charge in [0.2, 0.25) is 0 Å². The van der Waals surface area contributed by atoms with E-state index in [2.05, 4.69) is 13.6 Å². The van der Waals surface area contributed by atoms with Crippen molar-refractivity contribution in [3.8, 4) is 0 Å². The second-order valence-electron chi connectivity index (χ2n) is 6.75. The number of carboxylic acids is 3. The Kier molecular flexibility index (Phi) is 9.91. The number of aliphatic hydroxyl groups is 3. The minimum atomic E-state index is -5.29. The zero-order valence-electron chi connectivity index (χ0n) is 16.1. The molecule has 0 bridgehead atoms. The first-order valence-corrected chi connectivity index (χ1v) is 13.8. The Morgan fingerprint density at radius 1 is 0.545 bits per heavy atom. The van der Waals surface area contributed by atoms with Crippen LogP contribution in [0.3, 0.4) is 0 Å². The Morgan fingerprint density at radius 2 is 0.788 bits per heavy atom. The number of aliphatic carboxylic acids is 3. The van der Waals surface area contributed by atoms with Gasteiger partial charge in [-0.05, 0) is 0 Å². The van der Waals surface area contributed by atoms with E-state index in [9.17, 15) is 58.1 Å². The van der Waals surface area contributed by atoms with Gasteiger partial charge in [-0.1, -0.05) is 0 Å². The Morgan fingerprint density at radius 3 is 1.03 bits per heavy atom. The molecule has 1 saturated carbocycles. The van der Waals surface area contributed by atoms with Gasteiger partial charge in [0.25, 0.3) is 0 Å². The third kappa shape index (κ3) is 9.13. The van der Waals surface area contributed by atoms with Crippen molar-refractivity contribution in [1.29, 1.82) is 0 Å². The lowest BCUT2D eigenvalue weighted by Crippen LogP contribution is -2.65. The van der Waals surface area contributed by atoms with Crippen LogP contribution >= 0.6 is 22.8 Å². The van der Waals surface area contributed by atoms with Crippen molar-refractivity contribution in [1.82, 2.24) is 0 Å². The van der Waals surface area contributed by atoms with Crippen LogP contribution in [0.25, 0.3) is 0 Å². The van der Waals surface area contributed by atoms with E-state index in [4.69, 9.17) is 15.3 Å². The Balaban J connectivity index is 3.50. The van der Waals surface area contributed by atoms with Crippen LogP contribution in [0.1, 0.15) is 0 Å². The van der Waals surface area contributed by atoms with Crippen molar-refractivity contribution in [3.63, 3.8) is 0 Å². The molecule has 1 rings (SSSR count). The van der Waals surface area contributed by atoms with Crippen molar-refractivity contribution >= 4 is 40.7 Å². The summed E-state index contributed by atoms with van der Waals surface area (Å²) in [6.45, 7) is 0. The number of carbonyl (C=O) groups is 3. The van der Waals surface area contributed by atoms with Gasteiger partial charge in [-0.25, -0.2) is 0 Å². The zero-order chi connectivity index (χ0) is 25.9. The van der Waals surface area contributed by atoms with Gasteiger partial charge in [-0.3, -0.25) is 41.6 Å². The van der Waals surface area contributed by atoms with Crippen molar-refractivity contribution in [2.45, 2.75) is 36.6 Å². The van der Waals surface area contributed by atoms with Crippen molar-refractivity contribution in [3.05, 3.63) is 0 Å². The van der Waals surface area contributed by atoms with Crippen molar-refractivity contribution in [2.24, 2.45) is 0 Å². The minimum Gasteiger partial charge on any atom is -0.481 e. The quantitative estimate of drug-likeness (QED) is 0.110. The summed E-state index contributed by atoms with van der Waals surface area (Å²) in [6.07, 6.45) is -19.9. The Hall–Kier alpha value is -1.26. The highest BCUT2D eigenvalue weighted by molar-refractivity contribution is 7.54. The Labute approximate surface area is 183 Å². The van der Waals surface area contributed by atoms with E-state index in [1.807, 2.05) is 0 Å². The highest BCUT2D eigenvalue weighted by atomic mass is 31.2. The second kappa shape index (κ2) is 11.0. The molecule has 0 aromatic rings. The molecule has 0 spiro atoms. The molecule has 0 aliphatic heterocycles. The summed E-state index contributed by atoms with van der Waals surface area (Å²) in [4.78, 5) is 61.4. The van der Waals surface area contributed by atoms with E-state index in [0.717, 1.165) is 0 Å². The summed E-state index contributed by atoms with van der Waals surface area (Å²) in [5.41, 5.74) is 0. The summed E-state index contributed by atoms with van der Waals surface area (Å²) < 4.78 is 49.9. The SMILES string of the molecule is O=C(O)CP(=O)(O)OC1[C@H](OP(=O)(O)CC(=O)O)[C@H](O)C(O)[C@H](O)[C@H]1OP(=O)(O)CC(=O)O. The minimum absolute atomic E-state index is 1.60. The number of rotatable bonds is 12. The largest absolute Gasteiger partial charge is 0.481 e. The maximum Gasteiger partial charge on any atom is 0.339 e. The standard InChI is InChI=1S/C12H21O18P3/c13-4(14)1-31(22,23)28-10-8(20)7(19)9(21)11(29-32(24,25)2-5(15)16)12(10)30-33(26,27)3-6(17)18/h7-12,19-21H,1-3H2,(H,13,14)(H,15,16)(H,17,18)(H,22,23)(H,24,25)(H,26,27)/t7?,8-,9+,10-,11-,12?/m1/s1. The molecule has 1 fully saturated rings. The lowest BCUT2D eigenvalue weighted by Gasteiger charge is -2.45. The zero-order valence-corrected chi connectivity index (χ0v) is 18.8. The summed E-state index contributed by atoms with van der Waals surface area (Å²) in [6, 6.07) is 0. The lowest BCUT2D eigenvalue weighted by molar-refractivity contribution is -0.207. The van der Waals surface area contributed by atoms with Gasteiger partial charge in [0.1, 0.15) is 55.1 Å². The smallest absolute Gasteiger partial charge is 0.339 e. The van der Waals surface area contributed by atoms with Crippen LogP contribution in [0.15, 0.2) is 0 Å². The van der Waals surface area contributed by atoms with Gasteiger partial charge >= 0.3 is 40.7 Å². The number of hydrogen-bond acceptors (Lipinski definition) is 12. The first kappa shape index (κ1) is 29.8. The predicted molar refractivity (Wildman–Crippen MR) is 99.6 cm³/mol. The summed E-state index contributed by atoms with van der Waals surface area (Å²) >= 11 is 0. The third-order valence-corrected chi connectivity index (χ3v) is 7.61. The monoisotopic (exact) mass is 546 g/mol. The fourth-order valence-electron chi connectivity index (χ4n) is 2.73. The average Bonchev–Trinajstić information content (AvgIpc) is 2.56. The van der Waals surface area contributed by atoms with E-state index >= 15 is 0 Å². The van der Waals surface area contributed by atoms with Crippen LogP contribution in [-0.4, -0.2) is 118 Å². The van der Waals surface area contributed by atoms with Crippen molar-refractivity contribution < 1.29 is 87.0 Å². The van der Waals surface area contributed by atoms with Crippen LogP contribution in [0.4, 0.5) is 0 Å². The molecule has 9 N–H and O–H groups in total. The number of hydrogen-bond donors (Lipinski definition) is 9. The molecule has 18 nitrogen and oxygen atoms in total. The molecule has 5 unspecified atom stereocenters. The number of carboxylic acid groups (broad SMARTS) is 3. The molecule has 0 amide bonds. The molecule has 1 aliphatic rings. The van der Waals surface area contributed by atoms with Gasteiger partial charge in [-0.2, -0.15) is 0 Å². The Bertz CT molecular complexity index is 850. The molecular formula is C12H21O18P3. The van der Waals surface area contributed by atoms with E-state index in [0.29, 0.717) is 0 Å². The maximum atomic E-state index is 12.1. The molecular weight excluding hydrogens is 525 g/mol. The molecule has 9 atom stereocenters. The molecule has 33 heavy (non-hydrogen) atoms. The van der Waals surface area contributed by atoms with Crippen LogP contribution in [0.2, 0.25) is 0 Å². The van der Waals surface area contributed by atoms with Crippen LogP contribution in [0, 0.1) is 0 Å². The van der Waals surface area contributed by atoms with Gasteiger partial charge in [0.15, 0.2) is 0 Å². The molecule has 0 aromatic heterocycles. The van der Waals surface area contributed by atoms with Crippen molar-refractivity contribution in [2.75, 3.05) is 18.5 Å². The highest BCUT2D eigenvalue weighted by Gasteiger charge is 2.57. The van der Waals surface area contributed by atoms with E-state index in [-0.39, 0.29) is 0 Å².